The van der Waals surface area contributed by atoms with E-state index in [2.05, 4.69) is 53.4 Å². The summed E-state index contributed by atoms with van der Waals surface area (Å²) in [6.07, 6.45) is 3.83. The number of hydrogen-bond acceptors (Lipinski definition) is 3. The molecule has 0 radical (unpaired) electrons. The molecule has 140 valence electrons. The molecule has 0 aromatic heterocycles. The highest BCUT2D eigenvalue weighted by molar-refractivity contribution is 5.87. The molecule has 27 heavy (non-hydrogen) atoms. The third-order valence-corrected chi connectivity index (χ3v) is 5.64. The molecule has 0 N–H and O–H groups in total. The molecule has 2 heterocycles. The average molecular weight is 361 g/mol. The second kappa shape index (κ2) is 8.10. The summed E-state index contributed by atoms with van der Waals surface area (Å²) >= 11 is 0. The maximum Gasteiger partial charge on any atom is 0.129 e. The molecule has 0 bridgehead atoms. The van der Waals surface area contributed by atoms with Crippen LogP contribution in [0.5, 0.6) is 5.75 Å². The van der Waals surface area contributed by atoms with Crippen molar-refractivity contribution in [3.8, 4) is 5.75 Å². The monoisotopic (exact) mass is 361 g/mol. The zero-order valence-electron chi connectivity index (χ0n) is 16.0. The number of Topliss-reactive ketones (excluding diaryl/α,β-unsaturated/α-hetero) is 1. The van der Waals surface area contributed by atoms with E-state index in [0.717, 1.165) is 44.6 Å². The molecule has 0 saturated carbocycles. The largest absolute Gasteiger partial charge is 0.488 e. The Morgan fingerprint density at radius 1 is 1.00 bits per heavy atom. The highest BCUT2D eigenvalue weighted by Crippen LogP contribution is 2.40. The van der Waals surface area contributed by atoms with Crippen molar-refractivity contribution in [1.82, 2.24) is 4.90 Å². The maximum atomic E-state index is 11.2. The van der Waals surface area contributed by atoms with Gasteiger partial charge in [0.05, 0.1) is 0 Å². The molecule has 0 atom stereocenters. The Kier molecular flexibility index (Phi) is 5.40. The fraction of sp³-hybridized carbons (Fsp3) is 0.375. The van der Waals surface area contributed by atoms with E-state index in [1.54, 1.807) is 6.92 Å². The smallest absolute Gasteiger partial charge is 0.129 e. The highest BCUT2D eigenvalue weighted by Gasteiger charge is 2.24. The van der Waals surface area contributed by atoms with E-state index < -0.39 is 0 Å². The number of para-hydroxylation sites is 1. The molecule has 1 fully saturated rings. The van der Waals surface area contributed by atoms with E-state index in [9.17, 15) is 4.79 Å². The van der Waals surface area contributed by atoms with Gasteiger partial charge in [-0.25, -0.2) is 0 Å². The molecule has 0 spiro atoms. The van der Waals surface area contributed by atoms with E-state index in [-0.39, 0.29) is 0 Å². The first kappa shape index (κ1) is 18.0. The van der Waals surface area contributed by atoms with Crippen LogP contribution in [0.25, 0.3) is 5.57 Å². The van der Waals surface area contributed by atoms with Gasteiger partial charge < -0.3 is 14.4 Å². The van der Waals surface area contributed by atoms with Gasteiger partial charge in [0.25, 0.3) is 0 Å². The number of carbonyl (C=O) groups is 1. The van der Waals surface area contributed by atoms with Crippen LogP contribution in [0.15, 0.2) is 54.1 Å². The van der Waals surface area contributed by atoms with Crippen LogP contribution >= 0.6 is 0 Å². The lowest BCUT2D eigenvalue weighted by molar-refractivity contribution is -0.117. The van der Waals surface area contributed by atoms with Crippen molar-refractivity contribution in [3.63, 3.8) is 0 Å². The lowest BCUT2D eigenvalue weighted by atomic mass is 9.86. The minimum atomic E-state index is 0.293. The minimum absolute atomic E-state index is 0.293. The summed E-state index contributed by atoms with van der Waals surface area (Å²) < 4.78 is 6.12. The van der Waals surface area contributed by atoms with E-state index >= 15 is 0 Å². The Hall–Kier alpha value is -2.39. The van der Waals surface area contributed by atoms with Gasteiger partial charge in [0, 0.05) is 25.1 Å². The van der Waals surface area contributed by atoms with Crippen LogP contribution in [-0.4, -0.2) is 30.3 Å². The number of ketones is 1. The number of likely N-dealkylation sites (tertiary alicyclic amines) is 1. The van der Waals surface area contributed by atoms with Gasteiger partial charge in [-0.05, 0) is 55.5 Å². The Morgan fingerprint density at radius 3 is 2.48 bits per heavy atom. The normalized spacial score (nSPS) is 16.9. The summed E-state index contributed by atoms with van der Waals surface area (Å²) in [5.41, 5.74) is 6.72. The molecule has 4 rings (SSSR count). The summed E-state index contributed by atoms with van der Waals surface area (Å²) in [5, 5.41) is 0. The van der Waals surface area contributed by atoms with E-state index in [1.165, 1.54) is 27.8 Å². The van der Waals surface area contributed by atoms with Crippen LogP contribution in [0.1, 0.15) is 49.3 Å². The number of carbonyl (C=O) groups excluding carboxylic acids is 1. The van der Waals surface area contributed by atoms with Gasteiger partial charge in [-0.3, -0.25) is 0 Å². The quantitative estimate of drug-likeness (QED) is 0.780. The summed E-state index contributed by atoms with van der Waals surface area (Å²) in [6.45, 7) is 5.48. The van der Waals surface area contributed by atoms with E-state index in [1.807, 2.05) is 0 Å². The summed E-state index contributed by atoms with van der Waals surface area (Å²) in [7, 11) is 0. The first-order valence-corrected chi connectivity index (χ1v) is 9.96. The number of hydrogen-bond donors (Lipinski definition) is 0. The Bertz CT molecular complexity index is 809. The van der Waals surface area contributed by atoms with Gasteiger partial charge in [0.1, 0.15) is 18.1 Å². The number of fused-ring (bicyclic) bond motifs is 2. The highest BCUT2D eigenvalue weighted by atomic mass is 16.5. The SMILES string of the molecule is CC(=O)CCCN1CCC(=C2c3ccccc3COc3ccccc32)CC1. The Morgan fingerprint density at radius 2 is 1.70 bits per heavy atom. The number of nitrogens with zero attached hydrogens (tertiary/aromatic N) is 1. The van der Waals surface area contributed by atoms with Crippen molar-refractivity contribution in [1.29, 1.82) is 0 Å². The van der Waals surface area contributed by atoms with Gasteiger partial charge in [-0.1, -0.05) is 48.0 Å². The lowest BCUT2D eigenvalue weighted by Crippen LogP contribution is -2.32. The van der Waals surface area contributed by atoms with Crippen molar-refractivity contribution in [2.45, 2.75) is 39.2 Å². The fourth-order valence-electron chi connectivity index (χ4n) is 4.22. The molecular weight excluding hydrogens is 334 g/mol. The standard InChI is InChI=1S/C24H27NO2/c1-18(26)7-6-14-25-15-12-19(13-16-25)24-21-9-3-2-8-20(21)17-27-23-11-5-4-10-22(23)24/h2-5,8-11H,6-7,12-17H2,1H3. The molecule has 3 heteroatoms. The third-order valence-electron chi connectivity index (χ3n) is 5.64. The zero-order valence-corrected chi connectivity index (χ0v) is 16.0. The summed E-state index contributed by atoms with van der Waals surface area (Å²) in [4.78, 5) is 13.7. The van der Waals surface area contributed by atoms with Crippen LogP contribution in [-0.2, 0) is 11.4 Å². The van der Waals surface area contributed by atoms with E-state index in [0.29, 0.717) is 18.8 Å². The summed E-state index contributed by atoms with van der Waals surface area (Å²) in [5.74, 6) is 1.28. The molecule has 0 unspecified atom stereocenters. The second-order valence-corrected chi connectivity index (χ2v) is 7.57. The van der Waals surface area contributed by atoms with Crippen molar-refractivity contribution >= 4 is 11.4 Å². The molecule has 1 saturated heterocycles. The topological polar surface area (TPSA) is 29.5 Å². The van der Waals surface area contributed by atoms with Gasteiger partial charge in [0.2, 0.25) is 0 Å². The average Bonchev–Trinajstić information content (AvgIpc) is 2.85. The second-order valence-electron chi connectivity index (χ2n) is 7.57. The number of rotatable bonds is 4. The van der Waals surface area contributed by atoms with Crippen molar-refractivity contribution in [2.24, 2.45) is 0 Å². The fourth-order valence-corrected chi connectivity index (χ4v) is 4.22. The number of piperidine rings is 1. The predicted octanol–water partition coefficient (Wildman–Crippen LogP) is 4.85. The Labute approximate surface area is 161 Å². The molecule has 3 nitrogen and oxygen atoms in total. The lowest BCUT2D eigenvalue weighted by Gasteiger charge is -2.30. The van der Waals surface area contributed by atoms with Crippen molar-refractivity contribution in [2.75, 3.05) is 19.6 Å². The van der Waals surface area contributed by atoms with Gasteiger partial charge in [-0.15, -0.1) is 0 Å². The Balaban J connectivity index is 1.62. The summed E-state index contributed by atoms with van der Waals surface area (Å²) in [6, 6.07) is 17.1. The third kappa shape index (κ3) is 3.98. The number of benzene rings is 2. The first-order chi connectivity index (χ1) is 13.2. The van der Waals surface area contributed by atoms with Gasteiger partial charge in [-0.2, -0.15) is 0 Å². The van der Waals surface area contributed by atoms with Gasteiger partial charge in [0.15, 0.2) is 0 Å². The molecule has 0 aliphatic carbocycles. The molecule has 2 aromatic rings. The van der Waals surface area contributed by atoms with Crippen LogP contribution in [0, 0.1) is 0 Å². The van der Waals surface area contributed by atoms with Crippen LogP contribution in [0.4, 0.5) is 0 Å². The van der Waals surface area contributed by atoms with Crippen molar-refractivity contribution < 1.29 is 9.53 Å². The zero-order chi connectivity index (χ0) is 18.6. The molecule has 0 amide bonds. The van der Waals surface area contributed by atoms with Gasteiger partial charge >= 0.3 is 0 Å². The molecular formula is C24H27NO2. The number of ether oxygens (including phenoxy) is 1. The predicted molar refractivity (Wildman–Crippen MR) is 109 cm³/mol. The van der Waals surface area contributed by atoms with Crippen LogP contribution < -0.4 is 4.74 Å². The maximum absolute atomic E-state index is 11.2. The van der Waals surface area contributed by atoms with Crippen LogP contribution in [0.2, 0.25) is 0 Å². The molecule has 2 aliphatic rings. The van der Waals surface area contributed by atoms with E-state index in [4.69, 9.17) is 4.74 Å². The molecule has 2 aromatic carbocycles. The first-order valence-electron chi connectivity index (χ1n) is 9.96. The minimum Gasteiger partial charge on any atom is -0.488 e. The van der Waals surface area contributed by atoms with Crippen molar-refractivity contribution in [3.05, 3.63) is 70.8 Å². The molecule has 2 aliphatic heterocycles. The van der Waals surface area contributed by atoms with Crippen LogP contribution in [0.3, 0.4) is 0 Å².